The topological polar surface area (TPSA) is 60.2 Å². The number of aromatic nitrogens is 1. The molecule has 8 heteroatoms. The summed E-state index contributed by atoms with van der Waals surface area (Å²) in [6.45, 7) is 2.11. The van der Waals surface area contributed by atoms with Crippen molar-refractivity contribution in [1.29, 1.82) is 0 Å². The highest BCUT2D eigenvalue weighted by Crippen LogP contribution is 2.36. The Morgan fingerprint density at radius 1 is 1.19 bits per heavy atom. The van der Waals surface area contributed by atoms with Gasteiger partial charge in [-0.15, -0.1) is 11.3 Å². The summed E-state index contributed by atoms with van der Waals surface area (Å²) in [7, 11) is -3.89. The Morgan fingerprint density at radius 2 is 1.96 bits per heavy atom. The minimum absolute atomic E-state index is 0.000313. The van der Waals surface area contributed by atoms with Crippen molar-refractivity contribution in [3.05, 3.63) is 47.6 Å². The zero-order chi connectivity index (χ0) is 18.6. The second-order valence-corrected chi connectivity index (χ2v) is 9.48. The standard InChI is InChI=1S/C18H18FNO3S3/c1-2-3-4-11-25-18-17(20-16(23-18)15-6-5-12-24-15)26(21,22)14-9-7-13(19)8-10-14/h5-10,12H,2-4,11H2,1H3. The number of oxazole rings is 1. The quantitative estimate of drug-likeness (QED) is 0.272. The third kappa shape index (κ3) is 4.19. The predicted octanol–water partition coefficient (Wildman–Crippen LogP) is 5.66. The first kappa shape index (κ1) is 19.1. The summed E-state index contributed by atoms with van der Waals surface area (Å²) in [6.07, 6.45) is 3.11. The fraction of sp³-hybridized carbons (Fsp3) is 0.278. The molecule has 0 N–H and O–H groups in total. The van der Waals surface area contributed by atoms with Crippen LogP contribution in [0.4, 0.5) is 4.39 Å². The first-order valence-corrected chi connectivity index (χ1v) is 11.6. The summed E-state index contributed by atoms with van der Waals surface area (Å²) >= 11 is 2.78. The highest BCUT2D eigenvalue weighted by atomic mass is 32.2. The van der Waals surface area contributed by atoms with Crippen LogP contribution in [0.25, 0.3) is 10.8 Å². The van der Waals surface area contributed by atoms with Crippen LogP contribution in [0.15, 0.2) is 61.2 Å². The smallest absolute Gasteiger partial charge is 0.238 e. The molecule has 2 aromatic heterocycles. The van der Waals surface area contributed by atoms with Gasteiger partial charge in [0.2, 0.25) is 25.8 Å². The number of benzene rings is 1. The van der Waals surface area contributed by atoms with E-state index in [2.05, 4.69) is 11.9 Å². The molecule has 0 saturated carbocycles. The molecule has 0 aliphatic heterocycles. The Balaban J connectivity index is 1.99. The van der Waals surface area contributed by atoms with Crippen LogP contribution in [-0.2, 0) is 9.84 Å². The van der Waals surface area contributed by atoms with Gasteiger partial charge in [0, 0.05) is 5.75 Å². The van der Waals surface area contributed by atoms with E-state index in [0.29, 0.717) is 5.89 Å². The summed E-state index contributed by atoms with van der Waals surface area (Å²) in [6, 6.07) is 8.43. The summed E-state index contributed by atoms with van der Waals surface area (Å²) in [5, 5.41) is 2.06. The molecule has 0 amide bonds. The molecule has 0 fully saturated rings. The van der Waals surface area contributed by atoms with E-state index in [1.54, 1.807) is 0 Å². The SMILES string of the molecule is CCCCCSc1oc(-c2cccs2)nc1S(=O)(=O)c1ccc(F)cc1. The molecule has 1 aromatic carbocycles. The van der Waals surface area contributed by atoms with Crippen molar-refractivity contribution in [3.8, 4) is 10.8 Å². The van der Waals surface area contributed by atoms with Crippen LogP contribution >= 0.6 is 23.1 Å². The molecule has 0 spiro atoms. The Kier molecular flexibility index (Phi) is 6.16. The van der Waals surface area contributed by atoms with Crippen LogP contribution in [0, 0.1) is 5.82 Å². The maximum absolute atomic E-state index is 13.2. The molecule has 26 heavy (non-hydrogen) atoms. The van der Waals surface area contributed by atoms with Gasteiger partial charge in [-0.05, 0) is 42.1 Å². The fourth-order valence-electron chi connectivity index (χ4n) is 2.30. The van der Waals surface area contributed by atoms with E-state index < -0.39 is 15.7 Å². The van der Waals surface area contributed by atoms with Crippen molar-refractivity contribution >= 4 is 32.9 Å². The first-order valence-electron chi connectivity index (χ1n) is 8.20. The average molecular weight is 412 g/mol. The zero-order valence-electron chi connectivity index (χ0n) is 14.1. The van der Waals surface area contributed by atoms with Gasteiger partial charge in [0.1, 0.15) is 5.82 Å². The lowest BCUT2D eigenvalue weighted by molar-refractivity contribution is 0.471. The monoisotopic (exact) mass is 411 g/mol. The van der Waals surface area contributed by atoms with Gasteiger partial charge in [0.15, 0.2) is 0 Å². The van der Waals surface area contributed by atoms with Gasteiger partial charge in [0.25, 0.3) is 0 Å². The molecule has 4 nitrogen and oxygen atoms in total. The molecule has 2 heterocycles. The molecule has 0 unspecified atom stereocenters. The maximum atomic E-state index is 13.2. The van der Waals surface area contributed by atoms with Crippen LogP contribution in [-0.4, -0.2) is 19.2 Å². The van der Waals surface area contributed by atoms with Crippen molar-refractivity contribution in [1.82, 2.24) is 4.98 Å². The van der Waals surface area contributed by atoms with Crippen molar-refractivity contribution in [2.24, 2.45) is 0 Å². The third-order valence-corrected chi connectivity index (χ3v) is 7.36. The second kappa shape index (κ2) is 8.37. The molecule has 138 valence electrons. The summed E-state index contributed by atoms with van der Waals surface area (Å²) in [4.78, 5) is 5.03. The minimum atomic E-state index is -3.89. The van der Waals surface area contributed by atoms with Crippen LogP contribution in [0.5, 0.6) is 0 Å². The average Bonchev–Trinajstić information content (AvgIpc) is 3.29. The van der Waals surface area contributed by atoms with Gasteiger partial charge >= 0.3 is 0 Å². The molecular weight excluding hydrogens is 393 g/mol. The summed E-state index contributed by atoms with van der Waals surface area (Å²) in [5.41, 5.74) is 0. The van der Waals surface area contributed by atoms with Gasteiger partial charge in [0.05, 0.1) is 9.77 Å². The Hall–Kier alpha value is -1.64. The molecule has 0 radical (unpaired) electrons. The first-order chi connectivity index (χ1) is 12.5. The number of nitrogens with zero attached hydrogens (tertiary/aromatic N) is 1. The van der Waals surface area contributed by atoms with Crippen molar-refractivity contribution in [2.45, 2.75) is 41.2 Å². The van der Waals surface area contributed by atoms with Crippen molar-refractivity contribution in [2.75, 3.05) is 5.75 Å². The molecular formula is C18H18FNO3S3. The van der Waals surface area contributed by atoms with E-state index in [1.165, 1.54) is 35.2 Å². The number of sulfone groups is 1. The lowest BCUT2D eigenvalue weighted by Gasteiger charge is -2.03. The van der Waals surface area contributed by atoms with Crippen LogP contribution in [0.1, 0.15) is 26.2 Å². The second-order valence-electron chi connectivity index (χ2n) is 5.60. The number of thiophene rings is 1. The number of halogens is 1. The highest BCUT2D eigenvalue weighted by Gasteiger charge is 2.28. The number of rotatable bonds is 8. The van der Waals surface area contributed by atoms with Gasteiger partial charge in [-0.3, -0.25) is 0 Å². The van der Waals surface area contributed by atoms with Crippen LogP contribution < -0.4 is 0 Å². The Bertz CT molecular complexity index is 948. The zero-order valence-corrected chi connectivity index (χ0v) is 16.6. The Labute approximate surface area is 160 Å². The summed E-state index contributed by atoms with van der Waals surface area (Å²) < 4.78 is 44.9. The molecule has 3 aromatic rings. The molecule has 0 aliphatic carbocycles. The molecule has 0 saturated heterocycles. The van der Waals surface area contributed by atoms with E-state index in [0.717, 1.165) is 42.0 Å². The van der Waals surface area contributed by atoms with Gasteiger partial charge in [-0.1, -0.05) is 37.6 Å². The molecule has 3 rings (SSSR count). The molecule has 0 atom stereocenters. The number of thioether (sulfide) groups is 1. The van der Waals surface area contributed by atoms with Gasteiger partial charge < -0.3 is 4.42 Å². The molecule has 0 bridgehead atoms. The van der Waals surface area contributed by atoms with Gasteiger partial charge in [-0.2, -0.15) is 4.98 Å². The Morgan fingerprint density at radius 3 is 2.62 bits per heavy atom. The van der Waals surface area contributed by atoms with E-state index in [1.807, 2.05) is 17.5 Å². The number of hydrogen-bond donors (Lipinski definition) is 0. The van der Waals surface area contributed by atoms with Crippen LogP contribution in [0.3, 0.4) is 0 Å². The van der Waals surface area contributed by atoms with Crippen molar-refractivity contribution < 1.29 is 17.2 Å². The molecule has 0 aliphatic rings. The van der Waals surface area contributed by atoms with E-state index >= 15 is 0 Å². The van der Waals surface area contributed by atoms with Gasteiger partial charge in [-0.25, -0.2) is 12.8 Å². The van der Waals surface area contributed by atoms with E-state index in [-0.39, 0.29) is 15.0 Å². The van der Waals surface area contributed by atoms with E-state index in [9.17, 15) is 12.8 Å². The fourth-order valence-corrected chi connectivity index (χ4v) is 5.48. The summed E-state index contributed by atoms with van der Waals surface area (Å²) in [5.74, 6) is 0.551. The van der Waals surface area contributed by atoms with E-state index in [4.69, 9.17) is 4.42 Å². The normalized spacial score (nSPS) is 11.8. The van der Waals surface area contributed by atoms with Crippen LogP contribution in [0.2, 0.25) is 0 Å². The largest absolute Gasteiger partial charge is 0.428 e. The highest BCUT2D eigenvalue weighted by molar-refractivity contribution is 8.00. The maximum Gasteiger partial charge on any atom is 0.238 e. The predicted molar refractivity (Wildman–Crippen MR) is 102 cm³/mol. The number of hydrogen-bond acceptors (Lipinski definition) is 6. The third-order valence-electron chi connectivity index (χ3n) is 3.66. The lowest BCUT2D eigenvalue weighted by Crippen LogP contribution is -2.04. The number of unbranched alkanes of at least 4 members (excludes halogenated alkanes) is 2. The lowest BCUT2D eigenvalue weighted by atomic mass is 10.3. The minimum Gasteiger partial charge on any atom is -0.428 e. The van der Waals surface area contributed by atoms with Crippen molar-refractivity contribution in [3.63, 3.8) is 0 Å².